The second kappa shape index (κ2) is 7.06. The van der Waals surface area contributed by atoms with Crippen LogP contribution in [-0.2, 0) is 12.0 Å². The molecule has 0 unspecified atom stereocenters. The van der Waals surface area contributed by atoms with Gasteiger partial charge in [0.15, 0.2) is 5.92 Å². The Labute approximate surface area is 144 Å². The van der Waals surface area contributed by atoms with E-state index in [1.165, 1.54) is 18.2 Å². The van der Waals surface area contributed by atoms with Gasteiger partial charge in [0.2, 0.25) is 6.54 Å². The van der Waals surface area contributed by atoms with Gasteiger partial charge in [-0.25, -0.2) is 0 Å². The average molecular weight is 372 g/mol. The van der Waals surface area contributed by atoms with Gasteiger partial charge >= 0.3 is 12.0 Å². The van der Waals surface area contributed by atoms with Crippen molar-refractivity contribution >= 4 is 0 Å². The lowest BCUT2D eigenvalue weighted by atomic mass is 9.84. The van der Waals surface area contributed by atoms with Gasteiger partial charge in [-0.2, -0.15) is 17.6 Å². The van der Waals surface area contributed by atoms with Crippen molar-refractivity contribution < 1.29 is 27.4 Å². The Morgan fingerprint density at radius 1 is 0.846 bits per heavy atom. The third-order valence-corrected chi connectivity index (χ3v) is 3.88. The fourth-order valence-electron chi connectivity index (χ4n) is 2.61. The van der Waals surface area contributed by atoms with Crippen molar-refractivity contribution in [3.05, 3.63) is 91.5 Å². The van der Waals surface area contributed by atoms with E-state index in [4.69, 9.17) is 0 Å². The molecule has 10 heteroatoms. The summed E-state index contributed by atoms with van der Waals surface area (Å²) < 4.78 is 53.5. The Balaban J connectivity index is 2.58. The molecule has 0 fully saturated rings. The molecule has 2 aromatic rings. The average Bonchev–Trinajstić information content (AvgIpc) is 2.59. The molecular weight excluding hydrogens is 360 g/mol. The molecule has 2 atom stereocenters. The summed E-state index contributed by atoms with van der Waals surface area (Å²) in [5.41, 5.74) is -1.76. The number of rotatable bonds is 6. The molecular formula is C16H12F4N2O4. The van der Waals surface area contributed by atoms with Crippen LogP contribution in [0.1, 0.15) is 22.6 Å². The van der Waals surface area contributed by atoms with Gasteiger partial charge < -0.3 is 0 Å². The molecule has 0 spiro atoms. The minimum Gasteiger partial charge on any atom is -0.265 e. The van der Waals surface area contributed by atoms with Crippen molar-refractivity contribution in [2.24, 2.45) is 0 Å². The molecule has 6 nitrogen and oxygen atoms in total. The van der Waals surface area contributed by atoms with Crippen LogP contribution in [0, 0.1) is 20.2 Å². The summed E-state index contributed by atoms with van der Waals surface area (Å²) in [6, 6.07) is 9.16. The topological polar surface area (TPSA) is 86.3 Å². The standard InChI is InChI=1S/C16H12F4N2O4/c17-15(22(25)26,12-4-2-1-3-5-12)14(10-21(23)24)11-6-8-13(9-7-11)16(18,19)20/h1-9,14H,10H2/t14-,15+/m1/s1. The Bertz CT molecular complexity index is 796. The zero-order valence-corrected chi connectivity index (χ0v) is 13.0. The fraction of sp³-hybridized carbons (Fsp3) is 0.250. The highest BCUT2D eigenvalue weighted by molar-refractivity contribution is 5.32. The molecule has 2 aromatic carbocycles. The van der Waals surface area contributed by atoms with Gasteiger partial charge in [0, 0.05) is 4.92 Å². The predicted molar refractivity (Wildman–Crippen MR) is 82.3 cm³/mol. The highest BCUT2D eigenvalue weighted by atomic mass is 19.4. The smallest absolute Gasteiger partial charge is 0.265 e. The normalized spacial score (nSPS) is 15.1. The predicted octanol–water partition coefficient (Wildman–Crippen LogP) is 4.16. The van der Waals surface area contributed by atoms with Crippen LogP contribution in [0.3, 0.4) is 0 Å². The zero-order valence-electron chi connectivity index (χ0n) is 13.0. The maximum absolute atomic E-state index is 15.5. The van der Waals surface area contributed by atoms with Crippen LogP contribution in [0.4, 0.5) is 17.6 Å². The summed E-state index contributed by atoms with van der Waals surface area (Å²) in [6.45, 7) is -1.17. The zero-order chi connectivity index (χ0) is 19.5. The third kappa shape index (κ3) is 3.79. The molecule has 0 saturated carbocycles. The molecule has 0 heterocycles. The van der Waals surface area contributed by atoms with Crippen LogP contribution >= 0.6 is 0 Å². The molecule has 0 bridgehead atoms. The van der Waals surface area contributed by atoms with Crippen molar-refractivity contribution in [1.82, 2.24) is 0 Å². The summed E-state index contributed by atoms with van der Waals surface area (Å²) in [4.78, 5) is 20.2. The van der Waals surface area contributed by atoms with Gasteiger partial charge in [-0.05, 0) is 29.8 Å². The van der Waals surface area contributed by atoms with E-state index in [1.54, 1.807) is 0 Å². The van der Waals surface area contributed by atoms with Crippen LogP contribution in [0.15, 0.2) is 54.6 Å². The Morgan fingerprint density at radius 2 is 1.38 bits per heavy atom. The van der Waals surface area contributed by atoms with Crippen LogP contribution < -0.4 is 0 Å². The highest BCUT2D eigenvalue weighted by Gasteiger charge is 2.56. The Kier molecular flexibility index (Phi) is 5.24. The van der Waals surface area contributed by atoms with Crippen molar-refractivity contribution in [1.29, 1.82) is 0 Å². The number of benzene rings is 2. The lowest BCUT2D eigenvalue weighted by Crippen LogP contribution is -2.40. The fourth-order valence-corrected chi connectivity index (χ4v) is 2.61. The molecule has 0 aromatic heterocycles. The minimum absolute atomic E-state index is 0.280. The lowest BCUT2D eigenvalue weighted by Gasteiger charge is -2.24. The number of nitrogens with zero attached hydrogens (tertiary/aromatic N) is 2. The minimum atomic E-state index is -4.66. The first kappa shape index (κ1) is 19.3. The van der Waals surface area contributed by atoms with Crippen molar-refractivity contribution in [3.8, 4) is 0 Å². The summed E-state index contributed by atoms with van der Waals surface area (Å²) in [6.07, 6.45) is -4.66. The van der Waals surface area contributed by atoms with Crippen LogP contribution in [0.5, 0.6) is 0 Å². The summed E-state index contributed by atoms with van der Waals surface area (Å²) in [7, 11) is 0. The Morgan fingerprint density at radius 3 is 1.81 bits per heavy atom. The third-order valence-electron chi connectivity index (χ3n) is 3.88. The van der Waals surface area contributed by atoms with E-state index < -0.39 is 45.4 Å². The first-order valence-electron chi connectivity index (χ1n) is 7.24. The number of alkyl halides is 4. The maximum Gasteiger partial charge on any atom is 0.416 e. The highest BCUT2D eigenvalue weighted by Crippen LogP contribution is 2.42. The Hall–Kier alpha value is -3.04. The molecule has 0 N–H and O–H groups in total. The molecule has 0 amide bonds. The van der Waals surface area contributed by atoms with Gasteiger partial charge in [0.05, 0.1) is 16.1 Å². The second-order valence-electron chi connectivity index (χ2n) is 5.48. The van der Waals surface area contributed by atoms with E-state index in [9.17, 15) is 33.4 Å². The van der Waals surface area contributed by atoms with Gasteiger partial charge in [0.25, 0.3) is 0 Å². The van der Waals surface area contributed by atoms with Gasteiger partial charge in [-0.1, -0.05) is 30.3 Å². The molecule has 0 aliphatic carbocycles. The second-order valence-corrected chi connectivity index (χ2v) is 5.48. The van der Waals surface area contributed by atoms with Gasteiger partial charge in [0.1, 0.15) is 0 Å². The molecule has 26 heavy (non-hydrogen) atoms. The molecule has 0 aliphatic rings. The summed E-state index contributed by atoms with van der Waals surface area (Å²) >= 11 is 0. The lowest BCUT2D eigenvalue weighted by molar-refractivity contribution is -0.632. The molecule has 0 aliphatic heterocycles. The number of nitro groups is 2. The molecule has 2 rings (SSSR count). The van der Waals surface area contributed by atoms with E-state index in [0.717, 1.165) is 24.3 Å². The van der Waals surface area contributed by atoms with E-state index in [1.807, 2.05) is 0 Å². The summed E-state index contributed by atoms with van der Waals surface area (Å²) in [5.74, 6) is -5.30. The largest absolute Gasteiger partial charge is 0.416 e. The van der Waals surface area contributed by atoms with Crippen molar-refractivity contribution in [2.75, 3.05) is 6.54 Å². The summed E-state index contributed by atoms with van der Waals surface area (Å²) in [5, 5.41) is 22.4. The van der Waals surface area contributed by atoms with E-state index in [2.05, 4.69) is 0 Å². The quantitative estimate of drug-likeness (QED) is 0.330. The monoisotopic (exact) mass is 372 g/mol. The number of hydrogen-bond donors (Lipinski definition) is 0. The first-order chi connectivity index (χ1) is 12.1. The van der Waals surface area contributed by atoms with E-state index in [-0.39, 0.29) is 5.56 Å². The molecule has 0 saturated heterocycles. The maximum atomic E-state index is 15.5. The van der Waals surface area contributed by atoms with Gasteiger partial charge in [-0.3, -0.25) is 20.2 Å². The molecule has 138 valence electrons. The SMILES string of the molecule is O=[N+]([O-])C[C@H](c1ccc(C(F)(F)F)cc1)[C@](F)(c1ccccc1)[N+](=O)[O-]. The van der Waals surface area contributed by atoms with Crippen LogP contribution in [0.2, 0.25) is 0 Å². The van der Waals surface area contributed by atoms with Crippen molar-refractivity contribution in [3.63, 3.8) is 0 Å². The van der Waals surface area contributed by atoms with Crippen molar-refractivity contribution in [2.45, 2.75) is 17.9 Å². The van der Waals surface area contributed by atoms with E-state index in [0.29, 0.717) is 12.1 Å². The van der Waals surface area contributed by atoms with Crippen LogP contribution in [-0.4, -0.2) is 16.4 Å². The van der Waals surface area contributed by atoms with E-state index >= 15 is 4.39 Å². The first-order valence-corrected chi connectivity index (χ1v) is 7.24. The van der Waals surface area contributed by atoms with Crippen LogP contribution in [0.25, 0.3) is 0 Å². The molecule has 0 radical (unpaired) electrons. The van der Waals surface area contributed by atoms with Gasteiger partial charge in [-0.15, -0.1) is 0 Å². The number of halogens is 4. The number of hydrogen-bond acceptors (Lipinski definition) is 4.